The highest BCUT2D eigenvalue weighted by Gasteiger charge is 2.40. The highest BCUT2D eigenvalue weighted by molar-refractivity contribution is 5.93. The number of aliphatic imine (C=N–C) groups is 1. The van der Waals surface area contributed by atoms with Gasteiger partial charge >= 0.3 is 0 Å². The number of ether oxygens (including phenoxy) is 1. The highest BCUT2D eigenvalue weighted by Crippen LogP contribution is 2.41. The van der Waals surface area contributed by atoms with E-state index in [1.165, 1.54) is 11.1 Å². The molecule has 1 aliphatic rings. The number of guanidine groups is 1. The Kier molecular flexibility index (Phi) is 12.0. The van der Waals surface area contributed by atoms with Gasteiger partial charge in [-0.3, -0.25) is 0 Å². The molecule has 0 bridgehead atoms. The highest BCUT2D eigenvalue weighted by atomic mass is 16.5. The maximum atomic E-state index is 6.54. The van der Waals surface area contributed by atoms with Crippen LogP contribution in [0.25, 0.3) is 0 Å². The minimum Gasteiger partial charge on any atom is -0.375 e. The molecule has 1 aromatic heterocycles. The van der Waals surface area contributed by atoms with Crippen LogP contribution in [0.2, 0.25) is 0 Å². The zero-order valence-corrected chi connectivity index (χ0v) is 27.7. The molecule has 0 aliphatic carbocycles. The van der Waals surface area contributed by atoms with Crippen molar-refractivity contribution < 1.29 is 4.74 Å². The number of likely N-dealkylation sites (N-methyl/N-ethyl adjacent to an activating group) is 1. The van der Waals surface area contributed by atoms with Crippen LogP contribution in [-0.2, 0) is 11.3 Å². The van der Waals surface area contributed by atoms with Gasteiger partial charge in [0.15, 0.2) is 0 Å². The minimum absolute atomic E-state index is 0.180. The summed E-state index contributed by atoms with van der Waals surface area (Å²) in [6, 6.07) is 15.2. The molecule has 42 heavy (non-hydrogen) atoms. The second kappa shape index (κ2) is 15.0. The molecule has 1 fully saturated rings. The fourth-order valence-electron chi connectivity index (χ4n) is 5.60. The number of hydrogen-bond donors (Lipinski definition) is 3. The lowest BCUT2D eigenvalue weighted by atomic mass is 9.77. The van der Waals surface area contributed by atoms with Crippen molar-refractivity contribution >= 4 is 17.5 Å². The topological polar surface area (TPSA) is 77.0 Å². The van der Waals surface area contributed by atoms with Gasteiger partial charge in [-0.15, -0.1) is 0 Å². The Hall–Kier alpha value is -2.94. The van der Waals surface area contributed by atoms with Gasteiger partial charge in [-0.2, -0.15) is 0 Å². The molecule has 3 atom stereocenters. The third-order valence-electron chi connectivity index (χ3n) is 8.59. The van der Waals surface area contributed by atoms with Crippen molar-refractivity contribution in [2.45, 2.75) is 78.0 Å². The third-order valence-corrected chi connectivity index (χ3v) is 8.59. The van der Waals surface area contributed by atoms with Crippen molar-refractivity contribution in [2.24, 2.45) is 10.4 Å². The van der Waals surface area contributed by atoms with Crippen molar-refractivity contribution in [1.29, 1.82) is 0 Å². The van der Waals surface area contributed by atoms with Crippen LogP contribution in [0, 0.1) is 5.41 Å². The van der Waals surface area contributed by atoms with E-state index in [4.69, 9.17) is 14.7 Å². The molecule has 8 nitrogen and oxygen atoms in total. The van der Waals surface area contributed by atoms with E-state index in [9.17, 15) is 0 Å². The van der Waals surface area contributed by atoms with Crippen molar-refractivity contribution in [1.82, 2.24) is 20.5 Å². The average molecular weight is 578 g/mol. The second-order valence-corrected chi connectivity index (χ2v) is 12.9. The Balaban J connectivity index is 1.83. The first-order valence-electron chi connectivity index (χ1n) is 15.3. The van der Waals surface area contributed by atoms with E-state index in [1.54, 1.807) is 0 Å². The summed E-state index contributed by atoms with van der Waals surface area (Å²) in [5, 5.41) is 10.0. The van der Waals surface area contributed by atoms with Gasteiger partial charge in [-0.05, 0) is 95.4 Å². The molecule has 1 aromatic carbocycles. The van der Waals surface area contributed by atoms with Crippen LogP contribution in [-0.4, -0.2) is 75.9 Å². The fourth-order valence-corrected chi connectivity index (χ4v) is 5.60. The van der Waals surface area contributed by atoms with Crippen molar-refractivity contribution in [2.75, 3.05) is 58.6 Å². The van der Waals surface area contributed by atoms with E-state index in [0.29, 0.717) is 12.5 Å². The molecule has 2 aromatic rings. The van der Waals surface area contributed by atoms with Crippen LogP contribution in [0.1, 0.15) is 71.1 Å². The average Bonchev–Trinajstić information content (AvgIpc) is 3.09. The first-order chi connectivity index (χ1) is 19.9. The van der Waals surface area contributed by atoms with E-state index in [2.05, 4.69) is 105 Å². The lowest BCUT2D eigenvalue weighted by Gasteiger charge is -2.36. The van der Waals surface area contributed by atoms with Gasteiger partial charge in [-0.1, -0.05) is 32.0 Å². The Labute approximate surface area is 255 Å². The molecule has 0 unspecified atom stereocenters. The summed E-state index contributed by atoms with van der Waals surface area (Å²) in [5.41, 5.74) is 4.20. The Morgan fingerprint density at radius 1 is 1.07 bits per heavy atom. The number of pyridine rings is 1. The van der Waals surface area contributed by atoms with E-state index in [1.807, 2.05) is 39.3 Å². The zero-order valence-electron chi connectivity index (χ0n) is 27.7. The number of rotatable bonds is 11. The van der Waals surface area contributed by atoms with Crippen molar-refractivity contribution in [3.63, 3.8) is 0 Å². The maximum absolute atomic E-state index is 6.54. The van der Waals surface area contributed by atoms with Gasteiger partial charge in [0, 0.05) is 57.6 Å². The van der Waals surface area contributed by atoms with Crippen LogP contribution in [0.4, 0.5) is 11.5 Å². The zero-order chi connectivity index (χ0) is 30.9. The van der Waals surface area contributed by atoms with Crippen molar-refractivity contribution in [3.8, 4) is 0 Å². The summed E-state index contributed by atoms with van der Waals surface area (Å²) >= 11 is 0. The molecule has 0 saturated carbocycles. The molecule has 1 saturated heterocycles. The van der Waals surface area contributed by atoms with Crippen LogP contribution in [0.3, 0.4) is 0 Å². The van der Waals surface area contributed by atoms with Gasteiger partial charge in [0.2, 0.25) is 5.96 Å². The summed E-state index contributed by atoms with van der Waals surface area (Å²) in [6.07, 6.45) is 4.99. The van der Waals surface area contributed by atoms with E-state index >= 15 is 0 Å². The predicted octanol–water partition coefficient (Wildman–Crippen LogP) is 5.85. The number of benzene rings is 1. The number of nitrogens with zero attached hydrogens (tertiary/aromatic N) is 4. The van der Waals surface area contributed by atoms with Gasteiger partial charge in [0.05, 0.1) is 17.9 Å². The molecule has 3 N–H and O–H groups in total. The first kappa shape index (κ1) is 33.6. The molecule has 0 spiro atoms. The Bertz CT molecular complexity index is 1190. The molecule has 8 heteroatoms. The summed E-state index contributed by atoms with van der Waals surface area (Å²) < 4.78 is 6.54. The van der Waals surface area contributed by atoms with Crippen LogP contribution in [0.15, 0.2) is 59.2 Å². The largest absolute Gasteiger partial charge is 0.375 e. The number of aromatic nitrogens is 1. The Morgan fingerprint density at radius 2 is 1.79 bits per heavy atom. The smallest absolute Gasteiger partial charge is 0.202 e. The van der Waals surface area contributed by atoms with Crippen LogP contribution in [0.5, 0.6) is 0 Å². The van der Waals surface area contributed by atoms with Crippen LogP contribution >= 0.6 is 0 Å². The van der Waals surface area contributed by atoms with Gasteiger partial charge in [-0.25, -0.2) is 9.98 Å². The quantitative estimate of drug-likeness (QED) is 0.229. The molecule has 232 valence electrons. The summed E-state index contributed by atoms with van der Waals surface area (Å²) in [6.45, 7) is 13.5. The lowest BCUT2D eigenvalue weighted by molar-refractivity contribution is -0.0384. The summed E-state index contributed by atoms with van der Waals surface area (Å²) in [7, 11) is 10.2. The van der Waals surface area contributed by atoms with Gasteiger partial charge in [0.1, 0.15) is 5.82 Å². The Morgan fingerprint density at radius 3 is 2.40 bits per heavy atom. The predicted molar refractivity (Wildman–Crippen MR) is 178 cm³/mol. The normalized spacial score (nSPS) is 21.9. The summed E-state index contributed by atoms with van der Waals surface area (Å²) in [5.74, 6) is 2.30. The van der Waals surface area contributed by atoms with E-state index in [-0.39, 0.29) is 17.1 Å². The molecular weight excluding hydrogens is 522 g/mol. The molecule has 1 aliphatic heterocycles. The standard InChI is InChI=1S/C34H55N7O/c1-11-26(22-35-6)27-15-17-28(18-16-27)39-32(40(8)9)37-21-25(2)34(5)20-30(19-33(3,4)42-24-34)41(10)31-14-12-13-29(38-31)23-36-7/h12-18,21,26,30,35-36H,11,19-20,22-24H2,1-10H3,(H,37,39)/b25-21+/t26-,30+,34+/m1/s1. The van der Waals surface area contributed by atoms with E-state index in [0.717, 1.165) is 55.5 Å². The molecule has 0 radical (unpaired) electrons. The third kappa shape index (κ3) is 9.03. The monoisotopic (exact) mass is 577 g/mol. The summed E-state index contributed by atoms with van der Waals surface area (Å²) in [4.78, 5) is 14.2. The molecular formula is C34H55N7O. The molecule has 0 amide bonds. The van der Waals surface area contributed by atoms with E-state index < -0.39 is 0 Å². The second-order valence-electron chi connectivity index (χ2n) is 12.9. The maximum Gasteiger partial charge on any atom is 0.202 e. The number of hydrogen-bond acceptors (Lipinski definition) is 6. The van der Waals surface area contributed by atoms with Crippen LogP contribution < -0.4 is 20.9 Å². The number of anilines is 2. The van der Waals surface area contributed by atoms with Gasteiger partial charge < -0.3 is 30.5 Å². The van der Waals surface area contributed by atoms with Crippen molar-refractivity contribution in [3.05, 3.63) is 65.5 Å². The number of nitrogens with one attached hydrogen (secondary N) is 3. The first-order valence-corrected chi connectivity index (χ1v) is 15.3. The molecule has 2 heterocycles. The van der Waals surface area contributed by atoms with Gasteiger partial charge in [0.25, 0.3) is 0 Å². The fraction of sp³-hybridized carbons (Fsp3) is 0.588. The molecule has 3 rings (SSSR count). The minimum atomic E-state index is -0.241. The lowest BCUT2D eigenvalue weighted by Crippen LogP contribution is -2.39. The SMILES string of the molecule is CC[C@H](CNC)c1ccc(NC(=N/C=C(\C)[C@]2(C)COC(C)(C)C[C@H](N(C)c3cccc(CNC)n3)C2)N(C)C)cc1.